The Bertz CT molecular complexity index is 32.8. The summed E-state index contributed by atoms with van der Waals surface area (Å²) >= 11 is 0. The van der Waals surface area contributed by atoms with Gasteiger partial charge in [-0.3, -0.25) is 0 Å². The molecule has 0 saturated heterocycles. The zero-order valence-electron chi connectivity index (χ0n) is 7.08. The van der Waals surface area contributed by atoms with Crippen molar-refractivity contribution < 1.29 is 65.2 Å². The van der Waals surface area contributed by atoms with Gasteiger partial charge in [-0.2, -0.15) is 0 Å². The van der Waals surface area contributed by atoms with Gasteiger partial charge in [0.2, 0.25) is 0 Å². The zero-order chi connectivity index (χ0) is 4.50. The fourth-order valence-electron chi connectivity index (χ4n) is 0. The van der Waals surface area contributed by atoms with Crippen LogP contribution in [-0.2, 0) is 65.2 Å². The Labute approximate surface area is 115 Å². The molecule has 5 N–H and O–H groups in total. The van der Waals surface area contributed by atoms with Crippen LogP contribution >= 0.6 is 0 Å². The summed E-state index contributed by atoms with van der Waals surface area (Å²) in [4.78, 5) is 0. The second-order valence-electron chi connectivity index (χ2n) is 1.12. The molecule has 0 bridgehead atoms. The summed E-state index contributed by atoms with van der Waals surface area (Å²) in [5.74, 6) is -1.75. The second-order valence-corrected chi connectivity index (χ2v) is 1.12. The van der Waals surface area contributed by atoms with Gasteiger partial charge in [0.1, 0.15) is 0 Å². The number of nitrogens with one attached hydrogen (secondary N) is 3. The summed E-state index contributed by atoms with van der Waals surface area (Å²) in [6, 6.07) is 0. The summed E-state index contributed by atoms with van der Waals surface area (Å²) < 4.78 is 0. The van der Waals surface area contributed by atoms with Crippen LogP contribution in [0.4, 0.5) is 0 Å². The van der Waals surface area contributed by atoms with Crippen molar-refractivity contribution in [1.29, 1.82) is 0 Å². The molecule has 7 heteroatoms. The molecule has 11 heavy (non-hydrogen) atoms. The fourth-order valence-corrected chi connectivity index (χ4v) is 0. The Morgan fingerprint density at radius 1 is 0.818 bits per heavy atom. The van der Waals surface area contributed by atoms with E-state index in [1.807, 2.05) is 0 Å². The quantitative estimate of drug-likeness (QED) is 0.471. The number of nitrogens with two attached hydrogens (primary N) is 1. The zero-order valence-corrected chi connectivity index (χ0v) is 11.8. The van der Waals surface area contributed by atoms with Gasteiger partial charge in [0.05, 0.1) is 0 Å². The number of hydrogen-bond acceptors (Lipinski definition) is 0. The van der Waals surface area contributed by atoms with E-state index in [9.17, 15) is 0 Å². The Balaban J connectivity index is -0.00000000533. The van der Waals surface area contributed by atoms with Crippen LogP contribution in [0.25, 0.3) is 23.4 Å². The molecular weight excluding hydrogens is 248 g/mol. The summed E-state index contributed by atoms with van der Waals surface area (Å²) in [7, 11) is 0. The maximum absolute atomic E-state index is 6.27. The molecule has 0 aliphatic rings. The van der Waals surface area contributed by atoms with Crippen molar-refractivity contribution in [2.24, 2.45) is 0 Å². The molecular formula is C4H14N4Ti3+3. The van der Waals surface area contributed by atoms with Crippen molar-refractivity contribution in [1.82, 2.24) is 0 Å². The Morgan fingerprint density at radius 3 is 0.818 bits per heavy atom. The third-order valence-corrected chi connectivity index (χ3v) is 0. The molecule has 0 heterocycles. The first kappa shape index (κ1) is 52.1. The van der Waals surface area contributed by atoms with E-state index in [0.29, 0.717) is 0 Å². The van der Waals surface area contributed by atoms with E-state index < -0.39 is 5.79 Å². The largest absolute Gasteiger partial charge is 3.00 e. The molecule has 0 fully saturated rings. The fraction of sp³-hybridized carbons (Fsp3) is 0.500. The van der Waals surface area contributed by atoms with Crippen molar-refractivity contribution in [3.63, 3.8) is 0 Å². The van der Waals surface area contributed by atoms with Gasteiger partial charge in [0.15, 0.2) is 0 Å². The first-order valence-corrected chi connectivity index (χ1v) is 1.25. The Morgan fingerprint density at radius 2 is 0.818 bits per heavy atom. The minimum absolute atomic E-state index is 0. The molecule has 3 radical (unpaired) electrons. The molecule has 4 nitrogen and oxygen atoms in total. The molecule has 0 atom stereocenters. The summed E-state index contributed by atoms with van der Waals surface area (Å²) in [5.41, 5.74) is 18.8. The maximum Gasteiger partial charge on any atom is 3.00 e. The third-order valence-electron chi connectivity index (χ3n) is 0. The molecule has 0 aliphatic carbocycles. The van der Waals surface area contributed by atoms with Crippen LogP contribution in [0.1, 0.15) is 6.92 Å². The third kappa shape index (κ3) is 304. The van der Waals surface area contributed by atoms with Gasteiger partial charge in [0, 0.05) is 0 Å². The average molecular weight is 262 g/mol. The van der Waals surface area contributed by atoms with Crippen molar-refractivity contribution in [3.05, 3.63) is 38.2 Å². The summed E-state index contributed by atoms with van der Waals surface area (Å²) in [6.07, 6.45) is 0. The molecule has 0 spiro atoms. The van der Waals surface area contributed by atoms with Gasteiger partial charge < -0.3 is 44.0 Å². The van der Waals surface area contributed by atoms with Crippen molar-refractivity contribution in [3.8, 4) is 0 Å². The van der Waals surface area contributed by atoms with Crippen molar-refractivity contribution in [2.45, 2.75) is 12.7 Å². The molecule has 59 valence electrons. The Hall–Kier alpha value is 1.98. The number of rotatable bonds is 0. The van der Waals surface area contributed by atoms with Crippen LogP contribution in [0.3, 0.4) is 0 Å². The summed E-state index contributed by atoms with van der Waals surface area (Å²) in [5, 5.41) is 0. The predicted molar refractivity (Wildman–Crippen MR) is 39.5 cm³/mol. The van der Waals surface area contributed by atoms with E-state index in [-0.39, 0.29) is 86.2 Å². The van der Waals surface area contributed by atoms with E-state index >= 15 is 0 Å². The molecule has 0 aliphatic heterocycles. The predicted octanol–water partition coefficient (Wildman–Crippen LogP) is 3.43. The topological polar surface area (TPSA) is 105 Å². The first-order chi connectivity index (χ1) is 2.00. The van der Waals surface area contributed by atoms with Crippen LogP contribution in [0.15, 0.2) is 0 Å². The minimum Gasteiger partial charge on any atom is -0.709 e. The number of hydrogen-bond donors (Lipinski definition) is 0. The molecule has 0 unspecified atom stereocenters. The molecule has 0 rings (SSSR count). The van der Waals surface area contributed by atoms with Crippen LogP contribution in [0, 0.1) is 14.9 Å². The minimum atomic E-state index is -1.75. The molecule has 0 aromatic heterocycles. The van der Waals surface area contributed by atoms with E-state index in [2.05, 4.69) is 0 Å². The van der Waals surface area contributed by atoms with Gasteiger partial charge in [-0.15, -0.1) is 6.92 Å². The molecule has 0 saturated carbocycles. The van der Waals surface area contributed by atoms with Crippen LogP contribution in [-0.4, -0.2) is 5.79 Å². The Kier molecular flexibility index (Phi) is 107. The van der Waals surface area contributed by atoms with E-state index in [1.165, 1.54) is 6.92 Å². The van der Waals surface area contributed by atoms with Gasteiger partial charge >= 0.3 is 65.2 Å². The van der Waals surface area contributed by atoms with Crippen molar-refractivity contribution >= 4 is 0 Å². The molecule has 0 amide bonds. The standard InChI is InChI=1S/C2H6N3.2CH3.H2N.3Ti/c1-2(3,4)5;;;;;;/h3-5H,1H3;2*1H3;1H2;;;/q-3;3*-1;3*+3. The van der Waals surface area contributed by atoms with Gasteiger partial charge in [-0.1, -0.05) is 0 Å². The maximum atomic E-state index is 6.27. The summed E-state index contributed by atoms with van der Waals surface area (Å²) in [6.45, 7) is 1.19. The first-order valence-electron chi connectivity index (χ1n) is 1.25. The van der Waals surface area contributed by atoms with Gasteiger partial charge in [-0.05, 0) is 0 Å². The van der Waals surface area contributed by atoms with E-state index in [4.69, 9.17) is 17.2 Å². The van der Waals surface area contributed by atoms with Crippen LogP contribution in [0.2, 0.25) is 0 Å². The molecule has 0 aromatic rings. The van der Waals surface area contributed by atoms with Gasteiger partial charge in [0.25, 0.3) is 0 Å². The van der Waals surface area contributed by atoms with Crippen molar-refractivity contribution in [2.75, 3.05) is 0 Å². The monoisotopic (exact) mass is 262 g/mol. The smallest absolute Gasteiger partial charge is 0.709 e. The van der Waals surface area contributed by atoms with E-state index in [1.54, 1.807) is 0 Å². The van der Waals surface area contributed by atoms with Crippen LogP contribution < -0.4 is 0 Å². The second kappa shape index (κ2) is 22.7. The van der Waals surface area contributed by atoms with Gasteiger partial charge in [-0.25, -0.2) is 0 Å². The average Bonchev–Trinajstić information content (AvgIpc) is 0.722. The van der Waals surface area contributed by atoms with Crippen LogP contribution in [0.5, 0.6) is 0 Å². The SMILES string of the molecule is CC([NH-])([NH-])[NH-].[CH3-].[CH3-].[NH2-].[Ti+3].[Ti+3].[Ti+3]. The van der Waals surface area contributed by atoms with E-state index in [0.717, 1.165) is 0 Å². The normalized spacial score (nSPS) is 5.45. The molecule has 0 aromatic carbocycles.